The third-order valence-corrected chi connectivity index (χ3v) is 9.33. The highest BCUT2D eigenvalue weighted by molar-refractivity contribution is 5.88. The monoisotopic (exact) mass is 658 g/mol. The lowest BCUT2D eigenvalue weighted by molar-refractivity contribution is -0.135. The second-order valence-electron chi connectivity index (χ2n) is 12.4. The van der Waals surface area contributed by atoms with E-state index in [-0.39, 0.29) is 19.1 Å². The zero-order valence-corrected chi connectivity index (χ0v) is 27.9. The quantitative estimate of drug-likeness (QED) is 0.140. The van der Waals surface area contributed by atoms with Crippen molar-refractivity contribution >= 4 is 12.0 Å². The summed E-state index contributed by atoms with van der Waals surface area (Å²) in [7, 11) is 0. The van der Waals surface area contributed by atoms with Gasteiger partial charge in [0.1, 0.15) is 18.2 Å². The first-order valence-corrected chi connectivity index (χ1v) is 16.8. The van der Waals surface area contributed by atoms with E-state index in [4.69, 9.17) is 9.72 Å². The van der Waals surface area contributed by atoms with E-state index in [1.54, 1.807) is 17.3 Å². The molecule has 1 atom stereocenters. The molecule has 50 heavy (non-hydrogen) atoms. The van der Waals surface area contributed by atoms with Gasteiger partial charge in [0, 0.05) is 18.8 Å². The molecule has 0 spiro atoms. The lowest BCUT2D eigenvalue weighted by Crippen LogP contribution is -2.52. The maximum atomic E-state index is 14.5. The largest absolute Gasteiger partial charge is 0.444 e. The predicted octanol–water partition coefficient (Wildman–Crippen LogP) is 8.10. The van der Waals surface area contributed by atoms with E-state index in [9.17, 15) is 9.59 Å². The molecule has 0 saturated carbocycles. The highest BCUT2D eigenvalue weighted by atomic mass is 16.6. The molecular weight excluding hydrogens is 620 g/mol. The molecule has 0 bridgehead atoms. The molecule has 2 amide bonds. The van der Waals surface area contributed by atoms with Crippen molar-refractivity contribution in [2.75, 3.05) is 0 Å². The number of hydrogen-bond acceptors (Lipinski definition) is 4. The minimum Gasteiger partial charge on any atom is -0.444 e. The average Bonchev–Trinajstić information content (AvgIpc) is 3.54. The number of carbonyl (C=O) groups excluding carboxylic acids is 2. The van der Waals surface area contributed by atoms with Gasteiger partial charge >= 0.3 is 6.09 Å². The highest BCUT2D eigenvalue weighted by Gasteiger charge is 2.41. The number of imidazole rings is 1. The molecule has 1 aliphatic heterocycles. The Morgan fingerprint density at radius 3 is 1.68 bits per heavy atom. The Morgan fingerprint density at radius 2 is 1.16 bits per heavy atom. The average molecular weight is 659 g/mol. The lowest BCUT2D eigenvalue weighted by Gasteiger charge is -2.40. The maximum absolute atomic E-state index is 14.5. The van der Waals surface area contributed by atoms with Gasteiger partial charge in [-0.3, -0.25) is 9.69 Å². The van der Waals surface area contributed by atoms with Gasteiger partial charge < -0.3 is 14.2 Å². The van der Waals surface area contributed by atoms with Gasteiger partial charge in [0.25, 0.3) is 5.91 Å². The Bertz CT molecular complexity index is 1970. The number of hydrogen-bond donors (Lipinski definition) is 0. The Balaban J connectivity index is 1.29. The van der Waals surface area contributed by atoms with E-state index < -0.39 is 17.7 Å². The first kappa shape index (κ1) is 32.3. The van der Waals surface area contributed by atoms with Crippen LogP contribution in [0.3, 0.4) is 0 Å². The predicted molar refractivity (Wildman–Crippen MR) is 194 cm³/mol. The van der Waals surface area contributed by atoms with Crippen LogP contribution >= 0.6 is 0 Å². The summed E-state index contributed by atoms with van der Waals surface area (Å²) in [5.74, 6) is -0.204. The minimum absolute atomic E-state index is 0.110. The van der Waals surface area contributed by atoms with E-state index in [1.165, 1.54) is 4.90 Å². The van der Waals surface area contributed by atoms with Crippen LogP contribution in [0.4, 0.5) is 4.79 Å². The van der Waals surface area contributed by atoms with Gasteiger partial charge in [-0.15, -0.1) is 0 Å². The Labute approximate surface area is 292 Å². The number of rotatable bonds is 10. The van der Waals surface area contributed by atoms with E-state index >= 15 is 0 Å². The van der Waals surface area contributed by atoms with Gasteiger partial charge in [-0.05, 0) is 34.7 Å². The van der Waals surface area contributed by atoms with Crippen molar-refractivity contribution in [1.29, 1.82) is 0 Å². The van der Waals surface area contributed by atoms with Crippen LogP contribution in [0.1, 0.15) is 39.2 Å². The van der Waals surface area contributed by atoms with Crippen molar-refractivity contribution in [2.45, 2.75) is 38.1 Å². The first-order valence-electron chi connectivity index (χ1n) is 16.8. The van der Waals surface area contributed by atoms with Crippen molar-refractivity contribution in [3.63, 3.8) is 0 Å². The molecule has 7 heteroatoms. The zero-order valence-electron chi connectivity index (χ0n) is 27.9. The fourth-order valence-corrected chi connectivity index (χ4v) is 6.83. The topological polar surface area (TPSA) is 67.7 Å². The van der Waals surface area contributed by atoms with E-state index in [0.717, 1.165) is 39.2 Å². The van der Waals surface area contributed by atoms with Gasteiger partial charge in [0.05, 0.1) is 24.3 Å². The highest BCUT2D eigenvalue weighted by Crippen LogP contribution is 2.42. The van der Waals surface area contributed by atoms with Crippen LogP contribution < -0.4 is 0 Å². The van der Waals surface area contributed by atoms with Crippen molar-refractivity contribution in [1.82, 2.24) is 19.4 Å². The maximum Gasteiger partial charge on any atom is 0.414 e. The van der Waals surface area contributed by atoms with Crippen LogP contribution in [0.15, 0.2) is 170 Å². The third-order valence-electron chi connectivity index (χ3n) is 9.33. The second-order valence-corrected chi connectivity index (χ2v) is 12.4. The second kappa shape index (κ2) is 14.5. The zero-order chi connectivity index (χ0) is 34.3. The molecule has 0 unspecified atom stereocenters. The standard InChI is InChI=1S/C43H38N4O3/c1-33-40(47(32-44-33)43(36-21-11-4-12-22-36,37-23-13-5-14-24-37)38-25-15-6-16-26-38)30-45-27-28-46(42(49)50-31-35-19-9-3-10-20-35)39(41(45)48)29-34-17-7-2-8-18-34/h2-28,32,39H,29-31H2,1H3/t39-/m1/s1. The molecule has 248 valence electrons. The van der Waals surface area contributed by atoms with Crippen LogP contribution in [0.2, 0.25) is 0 Å². The summed E-state index contributed by atoms with van der Waals surface area (Å²) >= 11 is 0. The van der Waals surface area contributed by atoms with Crippen LogP contribution in [-0.4, -0.2) is 37.4 Å². The fourth-order valence-electron chi connectivity index (χ4n) is 6.83. The van der Waals surface area contributed by atoms with Crippen LogP contribution in [-0.2, 0) is 34.6 Å². The summed E-state index contributed by atoms with van der Waals surface area (Å²) in [4.78, 5) is 36.0. The van der Waals surface area contributed by atoms with Gasteiger partial charge in [-0.2, -0.15) is 0 Å². The molecule has 7 nitrogen and oxygen atoms in total. The van der Waals surface area contributed by atoms with Gasteiger partial charge in [0.2, 0.25) is 0 Å². The molecule has 1 aliphatic rings. The molecule has 0 fully saturated rings. The van der Waals surface area contributed by atoms with Crippen LogP contribution in [0.5, 0.6) is 0 Å². The number of aromatic nitrogens is 2. The SMILES string of the molecule is Cc1ncn(C(c2ccccc2)(c2ccccc2)c2ccccc2)c1CN1C=CN(C(=O)OCc2ccccc2)[C@H](Cc2ccccc2)C1=O. The number of aryl methyl sites for hydroxylation is 1. The summed E-state index contributed by atoms with van der Waals surface area (Å²) in [5.41, 5.74) is 5.89. The van der Waals surface area contributed by atoms with Crippen molar-refractivity contribution < 1.29 is 14.3 Å². The molecule has 7 rings (SSSR count). The number of ether oxygens (including phenoxy) is 1. The summed E-state index contributed by atoms with van der Waals surface area (Å²) in [6.45, 7) is 2.33. The smallest absolute Gasteiger partial charge is 0.414 e. The Morgan fingerprint density at radius 1 is 0.680 bits per heavy atom. The van der Waals surface area contributed by atoms with Crippen LogP contribution in [0.25, 0.3) is 0 Å². The number of amides is 2. The molecule has 0 radical (unpaired) electrons. The number of benzene rings is 5. The lowest BCUT2D eigenvalue weighted by atomic mass is 9.76. The molecule has 6 aromatic rings. The van der Waals surface area contributed by atoms with E-state index in [1.807, 2.05) is 92.1 Å². The molecule has 2 heterocycles. The van der Waals surface area contributed by atoms with Crippen molar-refractivity contribution in [3.05, 3.63) is 210 Å². The molecule has 0 saturated heterocycles. The van der Waals surface area contributed by atoms with Crippen LogP contribution in [0, 0.1) is 6.92 Å². The summed E-state index contributed by atoms with van der Waals surface area (Å²) in [6.07, 6.45) is 4.99. The Kier molecular flexibility index (Phi) is 9.38. The minimum atomic E-state index is -0.801. The molecule has 0 N–H and O–H groups in total. The molecular formula is C43H38N4O3. The van der Waals surface area contributed by atoms with Gasteiger partial charge in [0.15, 0.2) is 0 Å². The third kappa shape index (κ3) is 6.33. The number of nitrogens with zero attached hydrogens (tertiary/aromatic N) is 4. The van der Waals surface area contributed by atoms with Gasteiger partial charge in [-0.25, -0.2) is 9.78 Å². The number of carbonyl (C=O) groups is 2. The van der Waals surface area contributed by atoms with E-state index in [0.29, 0.717) is 6.42 Å². The molecule has 5 aromatic carbocycles. The fraction of sp³-hybridized carbons (Fsp3) is 0.140. The van der Waals surface area contributed by atoms with Gasteiger partial charge in [-0.1, -0.05) is 152 Å². The van der Waals surface area contributed by atoms with Crippen molar-refractivity contribution in [3.8, 4) is 0 Å². The summed E-state index contributed by atoms with van der Waals surface area (Å²) in [6, 6.07) is 49.7. The molecule has 0 aliphatic carbocycles. The summed E-state index contributed by atoms with van der Waals surface area (Å²) in [5, 5.41) is 0. The summed E-state index contributed by atoms with van der Waals surface area (Å²) < 4.78 is 7.91. The normalized spacial score (nSPS) is 14.5. The van der Waals surface area contributed by atoms with E-state index in [2.05, 4.69) is 77.4 Å². The molecule has 1 aromatic heterocycles. The van der Waals surface area contributed by atoms with Crippen molar-refractivity contribution in [2.24, 2.45) is 0 Å². The Hall–Kier alpha value is -6.21. The first-order chi connectivity index (χ1) is 24.6.